The summed E-state index contributed by atoms with van der Waals surface area (Å²) < 4.78 is 0. The van der Waals surface area contributed by atoms with E-state index in [4.69, 9.17) is 17.3 Å². The van der Waals surface area contributed by atoms with Crippen LogP contribution in [0.3, 0.4) is 0 Å². The van der Waals surface area contributed by atoms with E-state index in [0.29, 0.717) is 16.8 Å². The molecule has 4 heteroatoms. The molecule has 1 aliphatic rings. The van der Waals surface area contributed by atoms with Gasteiger partial charge in [-0.05, 0) is 26.1 Å². The van der Waals surface area contributed by atoms with Crippen LogP contribution in [0.1, 0.15) is 6.92 Å². The minimum absolute atomic E-state index is 0.548. The summed E-state index contributed by atoms with van der Waals surface area (Å²) in [5.74, 6) is 0. The third-order valence-electron chi connectivity index (χ3n) is 3.33. The van der Waals surface area contributed by atoms with Crippen LogP contribution in [0.25, 0.3) is 0 Å². The minimum atomic E-state index is 0.548. The average Bonchev–Trinajstić information content (AvgIpc) is 2.26. The van der Waals surface area contributed by atoms with E-state index in [9.17, 15) is 0 Å². The van der Waals surface area contributed by atoms with Crippen molar-refractivity contribution in [1.29, 1.82) is 0 Å². The molecule has 0 amide bonds. The Hall–Kier alpha value is -0.930. The van der Waals surface area contributed by atoms with Gasteiger partial charge in [-0.2, -0.15) is 0 Å². The molecule has 0 radical (unpaired) electrons. The van der Waals surface area contributed by atoms with Crippen molar-refractivity contribution >= 4 is 23.0 Å². The highest BCUT2D eigenvalue weighted by atomic mass is 35.5. The van der Waals surface area contributed by atoms with Gasteiger partial charge >= 0.3 is 0 Å². The molecule has 0 saturated carbocycles. The first-order valence-electron chi connectivity index (χ1n) is 5.58. The van der Waals surface area contributed by atoms with Gasteiger partial charge < -0.3 is 15.5 Å². The highest BCUT2D eigenvalue weighted by Crippen LogP contribution is 2.31. The Morgan fingerprint density at radius 1 is 1.38 bits per heavy atom. The molecule has 1 atom stereocenters. The third-order valence-corrected chi connectivity index (χ3v) is 3.66. The van der Waals surface area contributed by atoms with Gasteiger partial charge in [0.1, 0.15) is 0 Å². The van der Waals surface area contributed by atoms with Crippen LogP contribution < -0.4 is 10.6 Å². The molecule has 0 spiro atoms. The van der Waals surface area contributed by atoms with Gasteiger partial charge in [0.2, 0.25) is 0 Å². The molecular formula is C12H18ClN3. The van der Waals surface area contributed by atoms with E-state index in [-0.39, 0.29) is 0 Å². The number of nitrogens with two attached hydrogens (primary N) is 1. The molecule has 0 aromatic heterocycles. The van der Waals surface area contributed by atoms with E-state index in [1.54, 1.807) is 0 Å². The van der Waals surface area contributed by atoms with E-state index < -0.39 is 0 Å². The number of likely N-dealkylation sites (N-methyl/N-ethyl adjacent to an activating group) is 1. The molecule has 88 valence electrons. The van der Waals surface area contributed by atoms with Crippen LogP contribution in [0.4, 0.5) is 11.4 Å². The molecule has 0 bridgehead atoms. The first-order chi connectivity index (χ1) is 7.59. The molecule has 1 aromatic carbocycles. The van der Waals surface area contributed by atoms with Gasteiger partial charge in [-0.15, -0.1) is 0 Å². The molecule has 2 rings (SSSR count). The zero-order valence-electron chi connectivity index (χ0n) is 9.78. The number of hydrogen-bond donors (Lipinski definition) is 1. The number of nitrogens with zero attached hydrogens (tertiary/aromatic N) is 2. The summed E-state index contributed by atoms with van der Waals surface area (Å²) in [5, 5.41) is 0.643. The Kier molecular flexibility index (Phi) is 3.26. The Balaban J connectivity index is 2.22. The summed E-state index contributed by atoms with van der Waals surface area (Å²) >= 11 is 6.04. The molecular weight excluding hydrogens is 222 g/mol. The van der Waals surface area contributed by atoms with Gasteiger partial charge in [-0.3, -0.25) is 0 Å². The van der Waals surface area contributed by atoms with Gasteiger partial charge in [-0.25, -0.2) is 0 Å². The summed E-state index contributed by atoms with van der Waals surface area (Å²) in [4.78, 5) is 4.67. The first-order valence-corrected chi connectivity index (χ1v) is 5.96. The monoisotopic (exact) mass is 239 g/mol. The van der Waals surface area contributed by atoms with Crippen molar-refractivity contribution in [2.24, 2.45) is 0 Å². The second kappa shape index (κ2) is 4.52. The standard InChI is InChI=1S/C12H18ClN3/c1-9-8-16(7-6-15(9)2)11-5-3-4-10(13)12(11)14/h3-5,9H,6-8,14H2,1-2H3. The van der Waals surface area contributed by atoms with Gasteiger partial charge in [0.25, 0.3) is 0 Å². The van der Waals surface area contributed by atoms with Gasteiger partial charge in [0, 0.05) is 25.7 Å². The normalized spacial score (nSPS) is 22.4. The van der Waals surface area contributed by atoms with Crippen LogP contribution in [-0.4, -0.2) is 37.6 Å². The van der Waals surface area contributed by atoms with Gasteiger partial charge in [0.15, 0.2) is 0 Å². The lowest BCUT2D eigenvalue weighted by Crippen LogP contribution is -2.50. The van der Waals surface area contributed by atoms with Crippen molar-refractivity contribution in [1.82, 2.24) is 4.90 Å². The van der Waals surface area contributed by atoms with E-state index in [2.05, 4.69) is 23.8 Å². The zero-order valence-corrected chi connectivity index (χ0v) is 10.5. The lowest BCUT2D eigenvalue weighted by Gasteiger charge is -2.39. The maximum Gasteiger partial charge on any atom is 0.0741 e. The van der Waals surface area contributed by atoms with Gasteiger partial charge in [0.05, 0.1) is 16.4 Å². The number of rotatable bonds is 1. The van der Waals surface area contributed by atoms with Crippen molar-refractivity contribution in [3.8, 4) is 0 Å². The van der Waals surface area contributed by atoms with Crippen LogP contribution in [0.15, 0.2) is 18.2 Å². The van der Waals surface area contributed by atoms with Crippen LogP contribution in [0.2, 0.25) is 5.02 Å². The number of piperazine rings is 1. The Morgan fingerprint density at radius 2 is 2.12 bits per heavy atom. The second-order valence-electron chi connectivity index (χ2n) is 4.45. The summed E-state index contributed by atoms with van der Waals surface area (Å²) in [6.07, 6.45) is 0. The highest BCUT2D eigenvalue weighted by molar-refractivity contribution is 6.33. The lowest BCUT2D eigenvalue weighted by molar-refractivity contribution is 0.234. The Labute approximate surface area is 102 Å². The fraction of sp³-hybridized carbons (Fsp3) is 0.500. The maximum atomic E-state index is 6.04. The Bertz CT molecular complexity index is 381. The minimum Gasteiger partial charge on any atom is -0.396 e. The molecule has 1 unspecified atom stereocenters. The summed E-state index contributed by atoms with van der Waals surface area (Å²) in [5.41, 5.74) is 7.76. The Morgan fingerprint density at radius 3 is 2.81 bits per heavy atom. The maximum absolute atomic E-state index is 6.04. The summed E-state index contributed by atoms with van der Waals surface area (Å²) in [7, 11) is 2.16. The van der Waals surface area contributed by atoms with Crippen molar-refractivity contribution in [2.45, 2.75) is 13.0 Å². The summed E-state index contributed by atoms with van der Waals surface area (Å²) in [6, 6.07) is 6.38. The molecule has 2 N–H and O–H groups in total. The smallest absolute Gasteiger partial charge is 0.0741 e. The van der Waals surface area contributed by atoms with E-state index in [0.717, 1.165) is 25.3 Å². The average molecular weight is 240 g/mol. The fourth-order valence-electron chi connectivity index (χ4n) is 2.07. The molecule has 1 aromatic rings. The van der Waals surface area contributed by atoms with Crippen molar-refractivity contribution in [3.63, 3.8) is 0 Å². The molecule has 0 aliphatic carbocycles. The molecule has 1 aliphatic heterocycles. The number of anilines is 2. The highest BCUT2D eigenvalue weighted by Gasteiger charge is 2.22. The molecule has 1 saturated heterocycles. The predicted molar refractivity (Wildman–Crippen MR) is 70.2 cm³/mol. The predicted octanol–water partition coefficient (Wildman–Crippen LogP) is 2.06. The third kappa shape index (κ3) is 2.11. The molecule has 1 fully saturated rings. The van der Waals surface area contributed by atoms with Crippen LogP contribution in [-0.2, 0) is 0 Å². The van der Waals surface area contributed by atoms with Crippen molar-refractivity contribution in [3.05, 3.63) is 23.2 Å². The number of halogens is 1. The quantitative estimate of drug-likeness (QED) is 0.762. The summed E-state index contributed by atoms with van der Waals surface area (Å²) in [6.45, 7) is 5.30. The van der Waals surface area contributed by atoms with Crippen LogP contribution >= 0.6 is 11.6 Å². The number of nitrogen functional groups attached to an aromatic ring is 1. The first kappa shape index (κ1) is 11.6. The molecule has 1 heterocycles. The number of para-hydroxylation sites is 1. The number of hydrogen-bond acceptors (Lipinski definition) is 3. The zero-order chi connectivity index (χ0) is 11.7. The number of benzene rings is 1. The largest absolute Gasteiger partial charge is 0.396 e. The van der Waals surface area contributed by atoms with Crippen LogP contribution in [0.5, 0.6) is 0 Å². The van der Waals surface area contributed by atoms with Gasteiger partial charge in [-0.1, -0.05) is 17.7 Å². The van der Waals surface area contributed by atoms with Crippen molar-refractivity contribution < 1.29 is 0 Å². The molecule has 3 nitrogen and oxygen atoms in total. The van der Waals surface area contributed by atoms with Crippen molar-refractivity contribution in [2.75, 3.05) is 37.3 Å². The van der Waals surface area contributed by atoms with E-state index in [1.165, 1.54) is 0 Å². The molecule has 16 heavy (non-hydrogen) atoms. The lowest BCUT2D eigenvalue weighted by atomic mass is 10.1. The van der Waals surface area contributed by atoms with E-state index in [1.807, 2.05) is 18.2 Å². The van der Waals surface area contributed by atoms with E-state index >= 15 is 0 Å². The SMILES string of the molecule is CC1CN(c2cccc(Cl)c2N)CCN1C. The fourth-order valence-corrected chi connectivity index (χ4v) is 2.24. The second-order valence-corrected chi connectivity index (χ2v) is 4.86. The van der Waals surface area contributed by atoms with Crippen LogP contribution in [0, 0.1) is 0 Å². The topological polar surface area (TPSA) is 32.5 Å².